The third-order valence-corrected chi connectivity index (χ3v) is 5.54. The normalized spacial score (nSPS) is 26.5. The molecular formula is C18H24N2O2. The first-order valence-electron chi connectivity index (χ1n) is 8.10. The molecule has 1 aliphatic heterocycles. The molecular weight excluding hydrogens is 276 g/mol. The predicted octanol–water partition coefficient (Wildman–Crippen LogP) is 2.00. The van der Waals surface area contributed by atoms with Crippen molar-refractivity contribution >= 4 is 11.8 Å². The zero-order chi connectivity index (χ0) is 15.9. The summed E-state index contributed by atoms with van der Waals surface area (Å²) in [7, 11) is 0. The van der Waals surface area contributed by atoms with Crippen LogP contribution in [0.4, 0.5) is 0 Å². The molecule has 2 aliphatic rings. The minimum Gasteiger partial charge on any atom is -0.369 e. The predicted molar refractivity (Wildman–Crippen MR) is 85.1 cm³/mol. The summed E-state index contributed by atoms with van der Waals surface area (Å²) in [6, 6.07) is 8.17. The highest BCUT2D eigenvalue weighted by molar-refractivity contribution is 5.91. The molecule has 22 heavy (non-hydrogen) atoms. The van der Waals surface area contributed by atoms with Gasteiger partial charge in [0.1, 0.15) is 0 Å². The van der Waals surface area contributed by atoms with Gasteiger partial charge in [-0.05, 0) is 36.8 Å². The summed E-state index contributed by atoms with van der Waals surface area (Å²) in [5.74, 6) is -0.168. The fraction of sp³-hybridized carbons (Fsp3) is 0.556. The summed E-state index contributed by atoms with van der Waals surface area (Å²) >= 11 is 0. The maximum absolute atomic E-state index is 13.2. The average molecular weight is 300 g/mol. The molecule has 2 fully saturated rings. The fourth-order valence-electron chi connectivity index (χ4n) is 4.04. The molecule has 3 rings (SSSR count). The zero-order valence-corrected chi connectivity index (χ0v) is 13.3. The number of benzene rings is 1. The molecule has 0 unspecified atom stereocenters. The van der Waals surface area contributed by atoms with E-state index in [9.17, 15) is 9.59 Å². The second-order valence-electron chi connectivity index (χ2n) is 6.95. The van der Waals surface area contributed by atoms with Gasteiger partial charge in [0, 0.05) is 13.1 Å². The van der Waals surface area contributed by atoms with Crippen LogP contribution in [0.25, 0.3) is 0 Å². The lowest BCUT2D eigenvalue weighted by atomic mass is 9.62. The summed E-state index contributed by atoms with van der Waals surface area (Å²) in [6.45, 7) is 5.19. The van der Waals surface area contributed by atoms with Crippen LogP contribution in [0.2, 0.25) is 0 Å². The Bertz CT molecular complexity index is 607. The van der Waals surface area contributed by atoms with E-state index in [0.29, 0.717) is 13.1 Å². The molecule has 1 saturated carbocycles. The maximum atomic E-state index is 13.2. The Hall–Kier alpha value is -1.84. The lowest BCUT2D eigenvalue weighted by molar-refractivity contribution is -0.140. The van der Waals surface area contributed by atoms with Crippen LogP contribution in [0.1, 0.15) is 37.3 Å². The van der Waals surface area contributed by atoms with Crippen LogP contribution >= 0.6 is 0 Å². The van der Waals surface area contributed by atoms with Crippen LogP contribution in [0.5, 0.6) is 0 Å². The molecule has 1 heterocycles. The van der Waals surface area contributed by atoms with E-state index >= 15 is 0 Å². The minimum absolute atomic E-state index is 0.149. The molecule has 0 aromatic heterocycles. The molecule has 4 nitrogen and oxygen atoms in total. The molecule has 1 saturated heterocycles. The van der Waals surface area contributed by atoms with Crippen LogP contribution in [-0.2, 0) is 15.0 Å². The van der Waals surface area contributed by atoms with Crippen LogP contribution in [0.3, 0.4) is 0 Å². The second kappa shape index (κ2) is 5.41. The number of nitrogens with two attached hydrogens (primary N) is 1. The molecule has 2 atom stereocenters. The van der Waals surface area contributed by atoms with E-state index in [-0.39, 0.29) is 29.1 Å². The standard InChI is InChI=1S/C18H24N2O2/c1-12-6-3-4-7-15(12)18(8-5-9-18)17(22)20-10-13(2)14(11-20)16(19)21/h3-4,6-7,13-14H,5,8-11H2,1-2H3,(H2,19,21)/t13-,14-/m1/s1. The van der Waals surface area contributed by atoms with Crippen LogP contribution in [-0.4, -0.2) is 29.8 Å². The highest BCUT2D eigenvalue weighted by atomic mass is 16.2. The van der Waals surface area contributed by atoms with Gasteiger partial charge in [-0.3, -0.25) is 9.59 Å². The van der Waals surface area contributed by atoms with Crippen molar-refractivity contribution in [1.82, 2.24) is 4.90 Å². The van der Waals surface area contributed by atoms with E-state index in [1.807, 2.05) is 24.0 Å². The van der Waals surface area contributed by atoms with E-state index in [0.717, 1.165) is 24.8 Å². The fourth-order valence-corrected chi connectivity index (χ4v) is 4.04. The van der Waals surface area contributed by atoms with Crippen LogP contribution < -0.4 is 5.73 Å². The van der Waals surface area contributed by atoms with Gasteiger partial charge in [-0.25, -0.2) is 0 Å². The van der Waals surface area contributed by atoms with Gasteiger partial charge < -0.3 is 10.6 Å². The molecule has 0 radical (unpaired) electrons. The number of hydrogen-bond acceptors (Lipinski definition) is 2. The maximum Gasteiger partial charge on any atom is 0.233 e. The number of primary amides is 1. The van der Waals surface area contributed by atoms with Crippen LogP contribution in [0, 0.1) is 18.8 Å². The SMILES string of the molecule is Cc1ccccc1C1(C(=O)N2C[C@@H](C)[C@H](C(N)=O)C2)CCC1. The van der Waals surface area contributed by atoms with Gasteiger partial charge in [0.25, 0.3) is 0 Å². The lowest BCUT2D eigenvalue weighted by Crippen LogP contribution is -2.51. The number of amides is 2. The Balaban J connectivity index is 1.88. The lowest BCUT2D eigenvalue weighted by Gasteiger charge is -2.44. The van der Waals surface area contributed by atoms with Gasteiger partial charge in [0.15, 0.2) is 0 Å². The molecule has 2 N–H and O–H groups in total. The Morgan fingerprint density at radius 2 is 1.91 bits per heavy atom. The van der Waals surface area contributed by atoms with E-state index < -0.39 is 0 Å². The molecule has 2 amide bonds. The summed E-state index contributed by atoms with van der Waals surface area (Å²) in [4.78, 5) is 26.6. The van der Waals surface area contributed by atoms with Gasteiger partial charge in [-0.2, -0.15) is 0 Å². The van der Waals surface area contributed by atoms with Gasteiger partial charge in [0.05, 0.1) is 11.3 Å². The van der Waals surface area contributed by atoms with Crippen molar-refractivity contribution in [2.24, 2.45) is 17.6 Å². The second-order valence-corrected chi connectivity index (χ2v) is 6.95. The van der Waals surface area contributed by atoms with E-state index in [4.69, 9.17) is 5.73 Å². The summed E-state index contributed by atoms with van der Waals surface area (Å²) in [6.07, 6.45) is 2.90. The number of likely N-dealkylation sites (tertiary alicyclic amines) is 1. The molecule has 0 spiro atoms. The highest BCUT2D eigenvalue weighted by Gasteiger charge is 2.50. The topological polar surface area (TPSA) is 63.4 Å². The summed E-state index contributed by atoms with van der Waals surface area (Å²) in [5.41, 5.74) is 7.42. The van der Waals surface area contributed by atoms with Crippen molar-refractivity contribution < 1.29 is 9.59 Å². The Morgan fingerprint density at radius 1 is 1.23 bits per heavy atom. The van der Waals surface area contributed by atoms with Crippen molar-refractivity contribution in [2.45, 2.75) is 38.5 Å². The molecule has 1 aliphatic carbocycles. The van der Waals surface area contributed by atoms with Gasteiger partial charge in [-0.15, -0.1) is 0 Å². The first kappa shape index (κ1) is 15.1. The number of aryl methyl sites for hydroxylation is 1. The Morgan fingerprint density at radius 3 is 2.41 bits per heavy atom. The number of rotatable bonds is 3. The third kappa shape index (κ3) is 2.21. The van der Waals surface area contributed by atoms with Crippen molar-refractivity contribution in [1.29, 1.82) is 0 Å². The third-order valence-electron chi connectivity index (χ3n) is 5.54. The molecule has 118 valence electrons. The smallest absolute Gasteiger partial charge is 0.233 e. The van der Waals surface area contributed by atoms with E-state index in [1.165, 1.54) is 5.56 Å². The van der Waals surface area contributed by atoms with Gasteiger partial charge in [0.2, 0.25) is 11.8 Å². The van der Waals surface area contributed by atoms with Gasteiger partial charge in [-0.1, -0.05) is 37.6 Å². The zero-order valence-electron chi connectivity index (χ0n) is 13.3. The first-order valence-corrected chi connectivity index (χ1v) is 8.10. The Labute approximate surface area is 131 Å². The van der Waals surface area contributed by atoms with Gasteiger partial charge >= 0.3 is 0 Å². The number of carbonyl (C=O) groups is 2. The number of carbonyl (C=O) groups excluding carboxylic acids is 2. The van der Waals surface area contributed by atoms with E-state index in [1.54, 1.807) is 0 Å². The molecule has 1 aromatic carbocycles. The van der Waals surface area contributed by atoms with Crippen molar-refractivity contribution in [3.05, 3.63) is 35.4 Å². The van der Waals surface area contributed by atoms with Crippen LogP contribution in [0.15, 0.2) is 24.3 Å². The molecule has 0 bridgehead atoms. The summed E-state index contributed by atoms with van der Waals surface area (Å²) < 4.78 is 0. The Kier molecular flexibility index (Phi) is 3.71. The molecule has 4 heteroatoms. The van der Waals surface area contributed by atoms with E-state index in [2.05, 4.69) is 19.1 Å². The largest absolute Gasteiger partial charge is 0.369 e. The number of hydrogen-bond donors (Lipinski definition) is 1. The first-order chi connectivity index (χ1) is 10.5. The quantitative estimate of drug-likeness (QED) is 0.928. The minimum atomic E-state index is -0.377. The van der Waals surface area contributed by atoms with Crippen molar-refractivity contribution in [3.63, 3.8) is 0 Å². The monoisotopic (exact) mass is 300 g/mol. The highest BCUT2D eigenvalue weighted by Crippen LogP contribution is 2.47. The van der Waals surface area contributed by atoms with Crippen molar-refractivity contribution in [3.8, 4) is 0 Å². The summed E-state index contributed by atoms with van der Waals surface area (Å²) in [5, 5.41) is 0. The number of nitrogens with zero attached hydrogens (tertiary/aromatic N) is 1. The van der Waals surface area contributed by atoms with Crippen molar-refractivity contribution in [2.75, 3.05) is 13.1 Å². The average Bonchev–Trinajstić information content (AvgIpc) is 2.82. The molecule has 1 aromatic rings.